The molecule has 6 nitrogen and oxygen atoms in total. The zero-order valence-corrected chi connectivity index (χ0v) is 18.3. The molecule has 1 aromatic carbocycles. The number of imidazole rings is 1. The van der Waals surface area contributed by atoms with Crippen molar-refractivity contribution in [2.45, 2.75) is 39.2 Å². The van der Waals surface area contributed by atoms with Crippen molar-refractivity contribution >= 4 is 34.6 Å². The van der Waals surface area contributed by atoms with Gasteiger partial charge in [0.25, 0.3) is 0 Å². The van der Waals surface area contributed by atoms with E-state index in [0.29, 0.717) is 12.4 Å². The fourth-order valence-corrected chi connectivity index (χ4v) is 4.21. The number of aryl methyl sites for hydroxylation is 1. The number of unbranched alkanes of at least 4 members (excludes halogenated alkanes) is 1. The van der Waals surface area contributed by atoms with Crippen LogP contribution < -0.4 is 0 Å². The quantitative estimate of drug-likeness (QED) is 0.385. The fraction of sp³-hybridized carbons (Fsp3) is 0.273. The number of aromatic amines is 1. The molecule has 8 heteroatoms. The number of tetrazole rings is 1. The number of nitrogens with zero attached hydrogens (tertiary/aromatic N) is 5. The van der Waals surface area contributed by atoms with Crippen molar-refractivity contribution in [1.82, 2.24) is 30.2 Å². The van der Waals surface area contributed by atoms with Crippen LogP contribution in [0.25, 0.3) is 11.6 Å². The van der Waals surface area contributed by atoms with Gasteiger partial charge in [-0.15, -0.1) is 5.10 Å². The van der Waals surface area contributed by atoms with E-state index in [0.717, 1.165) is 53.4 Å². The smallest absolute Gasteiger partial charge is 0.175 e. The molecular formula is C22H23ClN6S. The Kier molecular flexibility index (Phi) is 6.71. The number of thiophene rings is 1. The van der Waals surface area contributed by atoms with Crippen LogP contribution in [-0.4, -0.2) is 30.2 Å². The van der Waals surface area contributed by atoms with Crippen LogP contribution in [-0.2, 0) is 19.4 Å². The molecule has 0 spiro atoms. The van der Waals surface area contributed by atoms with E-state index in [1.807, 2.05) is 24.4 Å². The maximum atomic E-state index is 6.45. The molecule has 0 amide bonds. The van der Waals surface area contributed by atoms with Crippen LogP contribution in [0.3, 0.4) is 0 Å². The third-order valence-electron chi connectivity index (χ3n) is 4.96. The normalized spacial score (nSPS) is 11.9. The maximum absolute atomic E-state index is 6.45. The minimum absolute atomic E-state index is 0.668. The second-order valence-electron chi connectivity index (χ2n) is 7.11. The summed E-state index contributed by atoms with van der Waals surface area (Å²) in [5, 5.41) is 19.6. The molecule has 0 unspecified atom stereocenters. The zero-order chi connectivity index (χ0) is 20.8. The van der Waals surface area contributed by atoms with E-state index in [1.165, 1.54) is 5.56 Å². The van der Waals surface area contributed by atoms with Crippen molar-refractivity contribution in [3.63, 3.8) is 0 Å². The Morgan fingerprint density at radius 1 is 1.27 bits per heavy atom. The number of rotatable bonds is 9. The van der Waals surface area contributed by atoms with Gasteiger partial charge in [0.2, 0.25) is 0 Å². The summed E-state index contributed by atoms with van der Waals surface area (Å²) >= 11 is 8.14. The van der Waals surface area contributed by atoms with Crippen LogP contribution in [0.5, 0.6) is 0 Å². The van der Waals surface area contributed by atoms with Gasteiger partial charge in [0.05, 0.1) is 18.4 Å². The van der Waals surface area contributed by atoms with Gasteiger partial charge in [-0.3, -0.25) is 0 Å². The molecule has 0 radical (unpaired) electrons. The largest absolute Gasteiger partial charge is 0.324 e. The summed E-state index contributed by atoms with van der Waals surface area (Å²) in [6, 6.07) is 10.1. The molecule has 4 aromatic rings. The standard InChI is InChI=1S/C22H23ClN6S/c1-2-3-8-21-24-13-19(29(21)14-17-6-4-5-7-20(17)23)12-18(22-25-27-28-26-22)11-16-9-10-30-15-16/h4-7,9-10,12-13,15H,2-3,8,11,14H2,1H3,(H,25,26,27,28)/b18-12+. The molecule has 0 bridgehead atoms. The first-order chi connectivity index (χ1) is 14.7. The molecule has 0 saturated carbocycles. The highest BCUT2D eigenvalue weighted by atomic mass is 35.5. The van der Waals surface area contributed by atoms with E-state index in [2.05, 4.69) is 61.1 Å². The minimum Gasteiger partial charge on any atom is -0.324 e. The average Bonchev–Trinajstić information content (AvgIpc) is 3.51. The summed E-state index contributed by atoms with van der Waals surface area (Å²) in [7, 11) is 0. The summed E-state index contributed by atoms with van der Waals surface area (Å²) in [6.45, 7) is 2.86. The molecule has 0 aliphatic heterocycles. The summed E-state index contributed by atoms with van der Waals surface area (Å²) in [5.41, 5.74) is 4.33. The third kappa shape index (κ3) is 4.86. The average molecular weight is 439 g/mol. The van der Waals surface area contributed by atoms with E-state index in [1.54, 1.807) is 11.3 Å². The molecule has 3 heterocycles. The molecule has 0 saturated heterocycles. The lowest BCUT2D eigenvalue weighted by Crippen LogP contribution is -2.08. The molecule has 30 heavy (non-hydrogen) atoms. The van der Waals surface area contributed by atoms with Gasteiger partial charge in [-0.25, -0.2) is 10.1 Å². The van der Waals surface area contributed by atoms with Crippen molar-refractivity contribution in [2.24, 2.45) is 0 Å². The first-order valence-electron chi connectivity index (χ1n) is 9.98. The number of hydrogen-bond donors (Lipinski definition) is 1. The van der Waals surface area contributed by atoms with E-state index < -0.39 is 0 Å². The number of hydrogen-bond acceptors (Lipinski definition) is 5. The first-order valence-corrected chi connectivity index (χ1v) is 11.3. The monoisotopic (exact) mass is 438 g/mol. The highest BCUT2D eigenvalue weighted by molar-refractivity contribution is 7.07. The van der Waals surface area contributed by atoms with E-state index in [9.17, 15) is 0 Å². The zero-order valence-electron chi connectivity index (χ0n) is 16.8. The second kappa shape index (κ2) is 9.82. The number of halogens is 1. The number of allylic oxidation sites excluding steroid dienone is 1. The Labute approximate surface area is 184 Å². The lowest BCUT2D eigenvalue weighted by Gasteiger charge is -2.13. The van der Waals surface area contributed by atoms with Gasteiger partial charge in [-0.05, 0) is 56.9 Å². The third-order valence-corrected chi connectivity index (χ3v) is 6.06. The SMILES string of the molecule is CCCCc1ncc(/C=C(\Cc2ccsc2)c2nnn[nH]2)n1Cc1ccccc1Cl. The topological polar surface area (TPSA) is 72.3 Å². The Bertz CT molecular complexity index is 1100. The van der Waals surface area contributed by atoms with Crippen LogP contribution >= 0.6 is 22.9 Å². The van der Waals surface area contributed by atoms with Gasteiger partial charge in [-0.1, -0.05) is 43.1 Å². The Morgan fingerprint density at radius 3 is 2.90 bits per heavy atom. The molecule has 0 aliphatic rings. The summed E-state index contributed by atoms with van der Waals surface area (Å²) < 4.78 is 2.24. The second-order valence-corrected chi connectivity index (χ2v) is 8.30. The van der Waals surface area contributed by atoms with Crippen molar-refractivity contribution in [2.75, 3.05) is 0 Å². The molecule has 154 valence electrons. The van der Waals surface area contributed by atoms with Gasteiger partial charge in [0.15, 0.2) is 5.82 Å². The number of H-pyrrole nitrogens is 1. The predicted octanol–water partition coefficient (Wildman–Crippen LogP) is 5.29. The van der Waals surface area contributed by atoms with Crippen LogP contribution in [0, 0.1) is 0 Å². The van der Waals surface area contributed by atoms with Crippen LogP contribution in [0.4, 0.5) is 0 Å². The Morgan fingerprint density at radius 2 is 2.17 bits per heavy atom. The van der Waals surface area contributed by atoms with Gasteiger partial charge in [0, 0.05) is 23.4 Å². The van der Waals surface area contributed by atoms with E-state index >= 15 is 0 Å². The summed E-state index contributed by atoms with van der Waals surface area (Å²) in [5.74, 6) is 1.73. The molecule has 3 aromatic heterocycles. The van der Waals surface area contributed by atoms with Crippen molar-refractivity contribution in [3.05, 3.63) is 80.8 Å². The maximum Gasteiger partial charge on any atom is 0.175 e. The van der Waals surface area contributed by atoms with Gasteiger partial charge in [0.1, 0.15) is 5.82 Å². The lowest BCUT2D eigenvalue weighted by molar-refractivity contribution is 0.675. The van der Waals surface area contributed by atoms with Gasteiger partial charge >= 0.3 is 0 Å². The predicted molar refractivity (Wildman–Crippen MR) is 121 cm³/mol. The van der Waals surface area contributed by atoms with E-state index in [-0.39, 0.29) is 0 Å². The van der Waals surface area contributed by atoms with Crippen molar-refractivity contribution in [1.29, 1.82) is 0 Å². The van der Waals surface area contributed by atoms with Crippen LogP contribution in [0.1, 0.15) is 48.2 Å². The molecule has 0 atom stereocenters. The highest BCUT2D eigenvalue weighted by Crippen LogP contribution is 2.24. The number of benzene rings is 1. The molecular weight excluding hydrogens is 416 g/mol. The first kappa shape index (κ1) is 20.5. The lowest BCUT2D eigenvalue weighted by atomic mass is 10.1. The fourth-order valence-electron chi connectivity index (χ4n) is 3.35. The van der Waals surface area contributed by atoms with Crippen molar-refractivity contribution in [3.8, 4) is 0 Å². The minimum atomic E-state index is 0.668. The molecule has 4 rings (SSSR count). The Hall–Kier alpha value is -2.77. The van der Waals surface area contributed by atoms with Crippen LogP contribution in [0.15, 0.2) is 47.3 Å². The molecule has 0 aliphatic carbocycles. The van der Waals surface area contributed by atoms with E-state index in [4.69, 9.17) is 16.6 Å². The van der Waals surface area contributed by atoms with Crippen molar-refractivity contribution < 1.29 is 0 Å². The van der Waals surface area contributed by atoms with Crippen LogP contribution in [0.2, 0.25) is 5.02 Å². The van der Waals surface area contributed by atoms with Gasteiger partial charge < -0.3 is 4.57 Å². The molecule has 0 fully saturated rings. The Balaban J connectivity index is 1.74. The highest BCUT2D eigenvalue weighted by Gasteiger charge is 2.14. The molecule has 1 N–H and O–H groups in total. The number of nitrogens with one attached hydrogen (secondary N) is 1. The van der Waals surface area contributed by atoms with Gasteiger partial charge in [-0.2, -0.15) is 11.3 Å². The summed E-state index contributed by atoms with van der Waals surface area (Å²) in [4.78, 5) is 4.73. The summed E-state index contributed by atoms with van der Waals surface area (Å²) in [6.07, 6.45) is 7.94. The number of aromatic nitrogens is 6.